The molecule has 0 amide bonds. The van der Waals surface area contributed by atoms with Gasteiger partial charge >= 0.3 is 11.9 Å². The van der Waals surface area contributed by atoms with E-state index in [1.165, 1.54) is 41.3 Å². The first kappa shape index (κ1) is 32.8. The Morgan fingerprint density at radius 3 is 2.06 bits per heavy atom. The Kier molecular flexibility index (Phi) is 17.0. The van der Waals surface area contributed by atoms with Crippen molar-refractivity contribution in [2.45, 2.75) is 85.5 Å². The second kappa shape index (κ2) is 18.1. The van der Waals surface area contributed by atoms with Crippen molar-refractivity contribution in [2.75, 3.05) is 6.61 Å². The van der Waals surface area contributed by atoms with E-state index in [2.05, 4.69) is 53.6 Å². The van der Waals surface area contributed by atoms with Crippen LogP contribution < -0.4 is 0 Å². The molecule has 0 saturated carbocycles. The molecule has 0 aromatic heterocycles. The number of esters is 1. The van der Waals surface area contributed by atoms with Crippen LogP contribution in [0.15, 0.2) is 58.6 Å². The summed E-state index contributed by atoms with van der Waals surface area (Å²) in [6.45, 7) is 12.8. The van der Waals surface area contributed by atoms with E-state index in [9.17, 15) is 14.0 Å². The first-order valence-corrected chi connectivity index (χ1v) is 13.4. The van der Waals surface area contributed by atoms with Crippen molar-refractivity contribution in [3.63, 3.8) is 0 Å². The maximum absolute atomic E-state index is 13.4. The van der Waals surface area contributed by atoms with E-state index >= 15 is 0 Å². The summed E-state index contributed by atoms with van der Waals surface area (Å²) in [4.78, 5) is 20.2. The number of halogens is 2. The Morgan fingerprint density at radius 1 is 1.06 bits per heavy atom. The van der Waals surface area contributed by atoms with Crippen LogP contribution in [0.3, 0.4) is 0 Å². The first-order valence-electron chi connectivity index (χ1n) is 12.6. The molecule has 0 saturated heterocycles. The van der Waals surface area contributed by atoms with E-state index in [0.717, 1.165) is 25.0 Å². The van der Waals surface area contributed by atoms with Crippen molar-refractivity contribution in [1.82, 2.24) is 0 Å². The van der Waals surface area contributed by atoms with Gasteiger partial charge in [-0.05, 0) is 60.7 Å². The molecule has 6 heteroatoms. The molecule has 0 radical (unpaired) electrons. The van der Waals surface area contributed by atoms with E-state index in [-0.39, 0.29) is 17.8 Å². The van der Waals surface area contributed by atoms with Gasteiger partial charge in [-0.2, -0.15) is 0 Å². The summed E-state index contributed by atoms with van der Waals surface area (Å²) in [5.41, 5.74) is 2.73. The molecule has 1 unspecified atom stereocenters. The number of aliphatic carboxylic acids is 1. The number of carboxylic acids is 1. The minimum absolute atomic E-state index is 0.0100. The van der Waals surface area contributed by atoms with Crippen LogP contribution in [-0.4, -0.2) is 23.7 Å². The smallest absolute Gasteiger partial charge is 0.330 e. The van der Waals surface area contributed by atoms with Gasteiger partial charge in [0.2, 0.25) is 0 Å². The number of rotatable bonds is 10. The van der Waals surface area contributed by atoms with Crippen LogP contribution in [0.4, 0.5) is 4.39 Å². The summed E-state index contributed by atoms with van der Waals surface area (Å²) >= 11 is 3.61. The number of carbonyl (C=O) groups excluding carboxylic acids is 1. The number of ether oxygens (including phenoxy) is 1. The van der Waals surface area contributed by atoms with Gasteiger partial charge in [-0.1, -0.05) is 93.2 Å². The zero-order chi connectivity index (χ0) is 26.9. The van der Waals surface area contributed by atoms with Gasteiger partial charge in [0.1, 0.15) is 5.82 Å². The standard InChI is InChI=1S/C21H28BrF.C6H8O4.C2H6/c1-4-6-16(7-5-2)21(3,17-8-12-19(22)13-9-17)18-10-14-20(23)15-11-18;1-2-10-6(9)4-3-5(7)8;1-2/h8,10-12,14-16H,4-7,9,13H2,1-3H3;3-4H,2H2,1H3,(H,7,8);1-2H3/b;4-3-;. The number of carboxylic acid groups (broad SMARTS) is 1. The SMILES string of the molecule is CC.CCCC(CCC)C(C)(C1=CC=C(Br)CC1)c1ccc(F)cc1.CCOC(=O)/C=C\C(=O)O. The average molecular weight is 554 g/mol. The maximum atomic E-state index is 13.4. The van der Waals surface area contributed by atoms with Crippen molar-refractivity contribution >= 4 is 27.9 Å². The fraction of sp³-hybridized carbons (Fsp3) is 0.517. The molecule has 1 N–H and O–H groups in total. The highest BCUT2D eigenvalue weighted by atomic mass is 79.9. The molecule has 0 spiro atoms. The van der Waals surface area contributed by atoms with E-state index in [1.54, 1.807) is 19.1 Å². The molecular weight excluding hydrogens is 511 g/mol. The molecule has 0 fully saturated rings. The number of hydrogen-bond donors (Lipinski definition) is 1. The summed E-state index contributed by atoms with van der Waals surface area (Å²) < 4.78 is 19.1. The van der Waals surface area contributed by atoms with Gasteiger partial charge in [0.15, 0.2) is 0 Å². The van der Waals surface area contributed by atoms with E-state index in [1.807, 2.05) is 26.0 Å². The lowest BCUT2D eigenvalue weighted by atomic mass is 9.62. The zero-order valence-electron chi connectivity index (χ0n) is 22.1. The predicted molar refractivity (Wildman–Crippen MR) is 146 cm³/mol. The Labute approximate surface area is 219 Å². The van der Waals surface area contributed by atoms with Crippen LogP contribution in [0.5, 0.6) is 0 Å². The molecule has 196 valence electrons. The third-order valence-corrected chi connectivity index (χ3v) is 6.61. The molecule has 1 atom stereocenters. The van der Waals surface area contributed by atoms with Crippen LogP contribution in [0.2, 0.25) is 0 Å². The van der Waals surface area contributed by atoms with Crippen LogP contribution in [0.1, 0.15) is 85.6 Å². The molecule has 1 aromatic carbocycles. The highest BCUT2D eigenvalue weighted by Crippen LogP contribution is 2.46. The average Bonchev–Trinajstić information content (AvgIpc) is 2.85. The van der Waals surface area contributed by atoms with Gasteiger partial charge in [-0.15, -0.1) is 0 Å². The molecule has 35 heavy (non-hydrogen) atoms. The third-order valence-electron chi connectivity index (χ3n) is 5.95. The molecule has 1 aromatic rings. The summed E-state index contributed by atoms with van der Waals surface area (Å²) in [5, 5.41) is 8.04. The molecule has 0 aliphatic heterocycles. The van der Waals surface area contributed by atoms with Gasteiger partial charge in [-0.25, -0.2) is 14.0 Å². The zero-order valence-corrected chi connectivity index (χ0v) is 23.7. The van der Waals surface area contributed by atoms with Crippen molar-refractivity contribution in [3.05, 3.63) is 70.0 Å². The lowest BCUT2D eigenvalue weighted by molar-refractivity contribution is -0.138. The van der Waals surface area contributed by atoms with Crippen LogP contribution in [0.25, 0.3) is 0 Å². The summed E-state index contributed by atoms with van der Waals surface area (Å²) in [7, 11) is 0. The minimum atomic E-state index is -1.16. The largest absolute Gasteiger partial charge is 0.478 e. The number of hydrogen-bond acceptors (Lipinski definition) is 3. The van der Waals surface area contributed by atoms with Crippen molar-refractivity contribution in [2.24, 2.45) is 5.92 Å². The van der Waals surface area contributed by atoms with E-state index in [0.29, 0.717) is 5.92 Å². The second-order valence-electron chi connectivity index (χ2n) is 8.21. The highest BCUT2D eigenvalue weighted by Gasteiger charge is 2.38. The molecule has 2 rings (SSSR count). The Morgan fingerprint density at radius 2 is 1.63 bits per heavy atom. The fourth-order valence-electron chi connectivity index (χ4n) is 4.27. The van der Waals surface area contributed by atoms with Crippen LogP contribution >= 0.6 is 15.9 Å². The summed E-state index contributed by atoms with van der Waals surface area (Å²) in [5.74, 6) is -1.35. The maximum Gasteiger partial charge on any atom is 0.330 e. The molecular formula is C29H42BrFO4. The third kappa shape index (κ3) is 11.4. The molecule has 4 nitrogen and oxygen atoms in total. The van der Waals surface area contributed by atoms with Crippen LogP contribution in [-0.2, 0) is 19.7 Å². The predicted octanol–water partition coefficient (Wildman–Crippen LogP) is 8.52. The summed E-state index contributed by atoms with van der Waals surface area (Å²) in [6, 6.07) is 7.19. The Bertz CT molecular complexity index is 852. The lowest BCUT2D eigenvalue weighted by Crippen LogP contribution is -2.35. The number of allylic oxidation sites excluding steroid dienone is 4. The van der Waals surface area contributed by atoms with Gasteiger partial charge in [-0.3, -0.25) is 0 Å². The number of benzene rings is 1. The Balaban J connectivity index is 0.000000813. The molecule has 0 heterocycles. The minimum Gasteiger partial charge on any atom is -0.478 e. The molecule has 1 aliphatic carbocycles. The van der Waals surface area contributed by atoms with Crippen molar-refractivity contribution in [3.8, 4) is 0 Å². The topological polar surface area (TPSA) is 63.6 Å². The van der Waals surface area contributed by atoms with Crippen molar-refractivity contribution in [1.29, 1.82) is 0 Å². The van der Waals surface area contributed by atoms with Gasteiger partial charge in [0.05, 0.1) is 6.61 Å². The first-order chi connectivity index (χ1) is 16.7. The van der Waals surface area contributed by atoms with E-state index < -0.39 is 11.9 Å². The van der Waals surface area contributed by atoms with Gasteiger partial charge < -0.3 is 9.84 Å². The number of carbonyl (C=O) groups is 2. The quantitative estimate of drug-likeness (QED) is 0.233. The van der Waals surface area contributed by atoms with Gasteiger partial charge in [0, 0.05) is 17.6 Å². The van der Waals surface area contributed by atoms with Crippen molar-refractivity contribution < 1.29 is 23.8 Å². The van der Waals surface area contributed by atoms with Gasteiger partial charge in [0.25, 0.3) is 0 Å². The van der Waals surface area contributed by atoms with E-state index in [4.69, 9.17) is 5.11 Å². The fourth-order valence-corrected chi connectivity index (χ4v) is 4.60. The molecule has 1 aliphatic rings. The highest BCUT2D eigenvalue weighted by molar-refractivity contribution is 9.11. The monoisotopic (exact) mass is 552 g/mol. The second-order valence-corrected chi connectivity index (χ2v) is 9.23. The summed E-state index contributed by atoms with van der Waals surface area (Å²) in [6.07, 6.45) is 13.0. The lowest BCUT2D eigenvalue weighted by Gasteiger charge is -2.42. The van der Waals surface area contributed by atoms with Crippen LogP contribution in [0, 0.1) is 11.7 Å². The Hall–Kier alpha value is -2.21. The molecule has 0 bridgehead atoms. The normalized spacial score (nSPS) is 14.5.